The first-order chi connectivity index (χ1) is 7.36. The third kappa shape index (κ3) is 1.72. The van der Waals surface area contributed by atoms with Crippen LogP contribution in [0.3, 0.4) is 0 Å². The molecule has 3 rings (SSSR count). The Balaban J connectivity index is 1.56. The van der Waals surface area contributed by atoms with Crippen molar-refractivity contribution < 1.29 is 0 Å². The second-order valence-corrected chi connectivity index (χ2v) is 5.04. The molecule has 15 heavy (non-hydrogen) atoms. The number of hydrogen-bond donors (Lipinski definition) is 1. The van der Waals surface area contributed by atoms with Crippen molar-refractivity contribution in [3.8, 4) is 0 Å². The van der Waals surface area contributed by atoms with E-state index in [1.54, 1.807) is 0 Å². The van der Waals surface area contributed by atoms with Crippen LogP contribution in [0.15, 0.2) is 36.4 Å². The van der Waals surface area contributed by atoms with Gasteiger partial charge in [0.2, 0.25) is 0 Å². The summed E-state index contributed by atoms with van der Waals surface area (Å²) in [5.74, 6) is 0.826. The van der Waals surface area contributed by atoms with Crippen LogP contribution in [-0.4, -0.2) is 13.1 Å². The van der Waals surface area contributed by atoms with Crippen molar-refractivity contribution in [1.29, 1.82) is 0 Å². The minimum atomic E-state index is 0.700. The van der Waals surface area contributed by atoms with Gasteiger partial charge in [-0.15, -0.1) is 0 Å². The maximum atomic E-state index is 3.37. The second-order valence-electron chi connectivity index (χ2n) is 5.04. The normalized spacial score (nSPS) is 24.0. The Kier molecular flexibility index (Phi) is 2.14. The fraction of sp³-hybridized carbons (Fsp3) is 0.429. The SMILES string of the molecule is C(=CC1CC2(CNC2)C1)c1ccccc1. The highest BCUT2D eigenvalue weighted by Gasteiger charge is 2.47. The Hall–Kier alpha value is -1.08. The van der Waals surface area contributed by atoms with Gasteiger partial charge in [-0.05, 0) is 29.7 Å². The molecule has 2 fully saturated rings. The highest BCUT2D eigenvalue weighted by molar-refractivity contribution is 5.49. The molecule has 1 aromatic rings. The fourth-order valence-corrected chi connectivity index (χ4v) is 2.77. The average Bonchev–Trinajstić information content (AvgIpc) is 2.15. The number of nitrogens with one attached hydrogen (secondary N) is 1. The van der Waals surface area contributed by atoms with Gasteiger partial charge in [-0.3, -0.25) is 0 Å². The van der Waals surface area contributed by atoms with Gasteiger partial charge in [-0.1, -0.05) is 42.5 Å². The fourth-order valence-electron chi connectivity index (χ4n) is 2.77. The summed E-state index contributed by atoms with van der Waals surface area (Å²) in [7, 11) is 0. The van der Waals surface area contributed by atoms with Gasteiger partial charge in [0.25, 0.3) is 0 Å². The van der Waals surface area contributed by atoms with Gasteiger partial charge in [0.15, 0.2) is 0 Å². The van der Waals surface area contributed by atoms with Crippen LogP contribution >= 0.6 is 0 Å². The van der Waals surface area contributed by atoms with Crippen molar-refractivity contribution >= 4 is 6.08 Å². The Labute approximate surface area is 91.2 Å². The van der Waals surface area contributed by atoms with Gasteiger partial charge in [0.05, 0.1) is 0 Å². The molecular weight excluding hydrogens is 182 g/mol. The van der Waals surface area contributed by atoms with Crippen LogP contribution in [0.1, 0.15) is 18.4 Å². The maximum Gasteiger partial charge on any atom is 0.00206 e. The van der Waals surface area contributed by atoms with Gasteiger partial charge in [-0.25, -0.2) is 0 Å². The topological polar surface area (TPSA) is 12.0 Å². The van der Waals surface area contributed by atoms with Gasteiger partial charge in [-0.2, -0.15) is 0 Å². The molecule has 1 N–H and O–H groups in total. The molecule has 1 nitrogen and oxygen atoms in total. The molecule has 0 radical (unpaired) electrons. The largest absolute Gasteiger partial charge is 0.316 e. The van der Waals surface area contributed by atoms with Crippen molar-refractivity contribution in [3.05, 3.63) is 42.0 Å². The number of allylic oxidation sites excluding steroid dienone is 1. The van der Waals surface area contributed by atoms with Gasteiger partial charge in [0, 0.05) is 13.1 Å². The zero-order valence-electron chi connectivity index (χ0n) is 8.95. The summed E-state index contributed by atoms with van der Waals surface area (Å²) >= 11 is 0. The van der Waals surface area contributed by atoms with Crippen LogP contribution in [-0.2, 0) is 0 Å². The number of hydrogen-bond acceptors (Lipinski definition) is 1. The number of benzene rings is 1. The van der Waals surface area contributed by atoms with E-state index in [1.165, 1.54) is 31.5 Å². The van der Waals surface area contributed by atoms with E-state index < -0.39 is 0 Å². The molecule has 1 aliphatic heterocycles. The van der Waals surface area contributed by atoms with Crippen molar-refractivity contribution in [3.63, 3.8) is 0 Å². The average molecular weight is 199 g/mol. The van der Waals surface area contributed by atoms with Crippen molar-refractivity contribution in [1.82, 2.24) is 5.32 Å². The molecule has 0 unspecified atom stereocenters. The summed E-state index contributed by atoms with van der Waals surface area (Å²) in [4.78, 5) is 0. The van der Waals surface area contributed by atoms with E-state index in [1.807, 2.05) is 0 Å². The minimum Gasteiger partial charge on any atom is -0.316 e. The van der Waals surface area contributed by atoms with Gasteiger partial charge < -0.3 is 5.32 Å². The molecule has 0 amide bonds. The smallest absolute Gasteiger partial charge is 0.00206 e. The van der Waals surface area contributed by atoms with Crippen LogP contribution in [0.4, 0.5) is 0 Å². The molecular formula is C14H17N. The van der Waals surface area contributed by atoms with Crippen molar-refractivity contribution in [2.45, 2.75) is 12.8 Å². The molecule has 0 bridgehead atoms. The molecule has 1 saturated carbocycles. The maximum absolute atomic E-state index is 3.37. The lowest BCUT2D eigenvalue weighted by Gasteiger charge is -2.53. The molecule has 1 aromatic carbocycles. The molecule has 78 valence electrons. The summed E-state index contributed by atoms with van der Waals surface area (Å²) in [6.07, 6.45) is 7.44. The molecule has 1 heterocycles. The number of rotatable bonds is 2. The Morgan fingerprint density at radius 1 is 1.13 bits per heavy atom. The van der Waals surface area contributed by atoms with E-state index in [0.29, 0.717) is 5.41 Å². The Morgan fingerprint density at radius 3 is 2.47 bits per heavy atom. The van der Waals surface area contributed by atoms with Crippen LogP contribution in [0.25, 0.3) is 6.08 Å². The first kappa shape index (κ1) is 9.17. The van der Waals surface area contributed by atoms with E-state index in [-0.39, 0.29) is 0 Å². The van der Waals surface area contributed by atoms with Crippen LogP contribution < -0.4 is 5.32 Å². The second kappa shape index (κ2) is 3.49. The molecule has 1 spiro atoms. The lowest BCUT2D eigenvalue weighted by atomic mass is 9.58. The minimum absolute atomic E-state index is 0.700. The van der Waals surface area contributed by atoms with E-state index in [0.717, 1.165) is 5.92 Å². The summed E-state index contributed by atoms with van der Waals surface area (Å²) < 4.78 is 0. The Bertz CT molecular complexity index is 354. The molecule has 1 aliphatic carbocycles. The van der Waals surface area contributed by atoms with Crippen molar-refractivity contribution in [2.75, 3.05) is 13.1 Å². The quantitative estimate of drug-likeness (QED) is 0.772. The summed E-state index contributed by atoms with van der Waals surface area (Å²) in [5.41, 5.74) is 2.02. The van der Waals surface area contributed by atoms with E-state index in [4.69, 9.17) is 0 Å². The third-order valence-corrected chi connectivity index (χ3v) is 3.75. The summed E-state index contributed by atoms with van der Waals surface area (Å²) in [6.45, 7) is 2.51. The first-order valence-electron chi connectivity index (χ1n) is 5.80. The lowest BCUT2D eigenvalue weighted by Crippen LogP contribution is -2.59. The van der Waals surface area contributed by atoms with Gasteiger partial charge in [0.1, 0.15) is 0 Å². The predicted octanol–water partition coefficient (Wildman–Crippen LogP) is 2.70. The van der Waals surface area contributed by atoms with E-state index in [9.17, 15) is 0 Å². The summed E-state index contributed by atoms with van der Waals surface area (Å²) in [6, 6.07) is 10.6. The lowest BCUT2D eigenvalue weighted by molar-refractivity contribution is 0.0228. The highest BCUT2D eigenvalue weighted by Crippen LogP contribution is 2.48. The standard InChI is InChI=1S/C14H17N/c1-2-4-12(5-3-1)6-7-13-8-14(9-13)10-15-11-14/h1-7,13,15H,8-11H2. The van der Waals surface area contributed by atoms with E-state index in [2.05, 4.69) is 47.8 Å². The molecule has 2 aliphatic rings. The third-order valence-electron chi connectivity index (χ3n) is 3.75. The zero-order valence-corrected chi connectivity index (χ0v) is 8.95. The van der Waals surface area contributed by atoms with Gasteiger partial charge >= 0.3 is 0 Å². The molecule has 0 atom stereocenters. The zero-order chi connectivity index (χ0) is 10.1. The van der Waals surface area contributed by atoms with Crippen LogP contribution in [0.2, 0.25) is 0 Å². The van der Waals surface area contributed by atoms with Crippen LogP contribution in [0.5, 0.6) is 0 Å². The Morgan fingerprint density at radius 2 is 1.87 bits per heavy atom. The summed E-state index contributed by atoms with van der Waals surface area (Å²) in [5, 5.41) is 3.37. The predicted molar refractivity (Wildman–Crippen MR) is 63.5 cm³/mol. The van der Waals surface area contributed by atoms with Crippen molar-refractivity contribution in [2.24, 2.45) is 11.3 Å². The molecule has 0 aromatic heterocycles. The van der Waals surface area contributed by atoms with E-state index >= 15 is 0 Å². The highest BCUT2D eigenvalue weighted by atomic mass is 15.0. The molecule has 1 heteroatoms. The first-order valence-corrected chi connectivity index (χ1v) is 5.80. The monoisotopic (exact) mass is 199 g/mol. The van der Waals surface area contributed by atoms with Crippen LogP contribution in [0, 0.1) is 11.3 Å². The molecule has 1 saturated heterocycles.